The smallest absolute Gasteiger partial charge is 0.255 e. The molecule has 7 heteroatoms. The summed E-state index contributed by atoms with van der Waals surface area (Å²) in [6.45, 7) is 2.09. The Labute approximate surface area is 96.5 Å². The number of hydrogen-bond acceptors (Lipinski definition) is 6. The lowest BCUT2D eigenvalue weighted by atomic mass is 10.3. The van der Waals surface area contributed by atoms with Gasteiger partial charge < -0.3 is 5.73 Å². The molecule has 2 rings (SSSR count). The largest absolute Gasteiger partial charge is 0.382 e. The zero-order valence-corrected chi connectivity index (χ0v) is 9.53. The lowest BCUT2D eigenvalue weighted by Gasteiger charge is -1.97. The summed E-state index contributed by atoms with van der Waals surface area (Å²) < 4.78 is 1.40. The van der Waals surface area contributed by atoms with E-state index in [0.717, 1.165) is 12.2 Å². The van der Waals surface area contributed by atoms with E-state index in [1.165, 1.54) is 10.7 Å². The van der Waals surface area contributed by atoms with Gasteiger partial charge in [0.1, 0.15) is 17.5 Å². The standard InChI is InChI=1S/C9H10N6S/c1-2-3-16-9-13-8-12-5-6(4-10)7(11)15(8)14-9/h5H,2-3,11H2,1H3. The summed E-state index contributed by atoms with van der Waals surface area (Å²) in [5.41, 5.74) is 6.07. The van der Waals surface area contributed by atoms with Gasteiger partial charge in [-0.05, 0) is 6.42 Å². The first-order valence-corrected chi connectivity index (χ1v) is 5.79. The third-order valence-corrected chi connectivity index (χ3v) is 2.98. The minimum atomic E-state index is 0.281. The molecule has 0 atom stereocenters. The van der Waals surface area contributed by atoms with Gasteiger partial charge in [0, 0.05) is 5.75 Å². The lowest BCUT2D eigenvalue weighted by Crippen LogP contribution is -2.03. The Hall–Kier alpha value is -1.81. The number of nitriles is 1. The van der Waals surface area contributed by atoms with Gasteiger partial charge in [-0.3, -0.25) is 0 Å². The molecule has 0 bridgehead atoms. The molecule has 2 N–H and O–H groups in total. The number of aromatic nitrogens is 4. The average molecular weight is 234 g/mol. The zero-order chi connectivity index (χ0) is 11.5. The minimum absolute atomic E-state index is 0.281. The first-order chi connectivity index (χ1) is 7.76. The Morgan fingerprint density at radius 1 is 1.62 bits per heavy atom. The van der Waals surface area contributed by atoms with Crippen LogP contribution in [0.1, 0.15) is 18.9 Å². The van der Waals surface area contributed by atoms with Gasteiger partial charge in [-0.1, -0.05) is 18.7 Å². The number of anilines is 1. The third-order valence-electron chi connectivity index (χ3n) is 1.94. The van der Waals surface area contributed by atoms with E-state index in [2.05, 4.69) is 22.0 Å². The van der Waals surface area contributed by atoms with E-state index in [-0.39, 0.29) is 5.82 Å². The Kier molecular flexibility index (Phi) is 2.92. The number of nitrogens with zero attached hydrogens (tertiary/aromatic N) is 5. The van der Waals surface area contributed by atoms with Crippen LogP contribution in [0.3, 0.4) is 0 Å². The predicted molar refractivity (Wildman–Crippen MR) is 60.9 cm³/mol. The molecule has 2 heterocycles. The average Bonchev–Trinajstić information content (AvgIpc) is 2.71. The summed E-state index contributed by atoms with van der Waals surface area (Å²) in [7, 11) is 0. The van der Waals surface area contributed by atoms with Gasteiger partial charge in [-0.25, -0.2) is 4.98 Å². The summed E-state index contributed by atoms with van der Waals surface area (Å²) in [6.07, 6.45) is 2.46. The quantitative estimate of drug-likeness (QED) is 0.799. The fourth-order valence-corrected chi connectivity index (χ4v) is 1.85. The molecule has 6 nitrogen and oxygen atoms in total. The maximum Gasteiger partial charge on any atom is 0.255 e. The topological polar surface area (TPSA) is 92.9 Å². The second-order valence-electron chi connectivity index (χ2n) is 3.12. The summed E-state index contributed by atoms with van der Waals surface area (Å²) in [4.78, 5) is 8.22. The van der Waals surface area contributed by atoms with Crippen molar-refractivity contribution in [1.82, 2.24) is 19.6 Å². The maximum atomic E-state index is 8.79. The molecular weight excluding hydrogens is 224 g/mol. The van der Waals surface area contributed by atoms with Crippen LogP contribution in [0.5, 0.6) is 0 Å². The van der Waals surface area contributed by atoms with E-state index >= 15 is 0 Å². The van der Waals surface area contributed by atoms with Crippen molar-refractivity contribution in [3.63, 3.8) is 0 Å². The predicted octanol–water partition coefficient (Wildman–Crippen LogP) is 1.08. The summed E-state index contributed by atoms with van der Waals surface area (Å²) in [6, 6.07) is 1.96. The van der Waals surface area contributed by atoms with Gasteiger partial charge in [0.25, 0.3) is 5.78 Å². The number of fused-ring (bicyclic) bond motifs is 1. The van der Waals surface area contributed by atoms with Gasteiger partial charge >= 0.3 is 0 Å². The fraction of sp³-hybridized carbons (Fsp3) is 0.333. The van der Waals surface area contributed by atoms with Gasteiger partial charge in [0.2, 0.25) is 5.16 Å². The van der Waals surface area contributed by atoms with E-state index in [0.29, 0.717) is 16.5 Å². The Balaban J connectivity index is 2.46. The first-order valence-electron chi connectivity index (χ1n) is 4.80. The Morgan fingerprint density at radius 3 is 3.12 bits per heavy atom. The molecule has 0 saturated heterocycles. The van der Waals surface area contributed by atoms with Gasteiger partial charge in [0.05, 0.1) is 6.20 Å². The molecular formula is C9H10N6S. The number of nitrogens with two attached hydrogens (primary N) is 1. The van der Waals surface area contributed by atoms with Gasteiger partial charge in [-0.15, -0.1) is 5.10 Å². The molecule has 2 aromatic heterocycles. The molecule has 0 aromatic carbocycles. The maximum absolute atomic E-state index is 8.79. The van der Waals surface area contributed by atoms with Crippen molar-refractivity contribution in [2.24, 2.45) is 0 Å². The molecule has 0 saturated carbocycles. The third kappa shape index (κ3) is 1.79. The van der Waals surface area contributed by atoms with Crippen LogP contribution in [-0.2, 0) is 0 Å². The van der Waals surface area contributed by atoms with E-state index in [9.17, 15) is 0 Å². The first kappa shape index (κ1) is 10.7. The number of thioether (sulfide) groups is 1. The van der Waals surface area contributed by atoms with Crippen LogP contribution in [-0.4, -0.2) is 25.3 Å². The van der Waals surface area contributed by atoms with Crippen LogP contribution in [0, 0.1) is 11.3 Å². The summed E-state index contributed by atoms with van der Waals surface area (Å²) in [5.74, 6) is 1.65. The molecule has 0 spiro atoms. The molecule has 0 radical (unpaired) electrons. The van der Waals surface area contributed by atoms with Crippen molar-refractivity contribution in [3.8, 4) is 6.07 Å². The molecule has 0 aliphatic carbocycles. The SMILES string of the molecule is CCCSc1nc2ncc(C#N)c(N)n2n1. The molecule has 0 fully saturated rings. The van der Waals surface area contributed by atoms with Crippen LogP contribution in [0.4, 0.5) is 5.82 Å². The second-order valence-corrected chi connectivity index (χ2v) is 4.19. The lowest BCUT2D eigenvalue weighted by molar-refractivity contribution is 0.885. The van der Waals surface area contributed by atoms with Crippen LogP contribution in [0.15, 0.2) is 11.4 Å². The number of rotatable bonds is 3. The molecule has 16 heavy (non-hydrogen) atoms. The van der Waals surface area contributed by atoms with Crippen molar-refractivity contribution >= 4 is 23.4 Å². The molecule has 0 amide bonds. The highest BCUT2D eigenvalue weighted by Crippen LogP contribution is 2.17. The van der Waals surface area contributed by atoms with Crippen LogP contribution < -0.4 is 5.73 Å². The van der Waals surface area contributed by atoms with Crippen molar-refractivity contribution < 1.29 is 0 Å². The number of nitrogen functional groups attached to an aromatic ring is 1. The van der Waals surface area contributed by atoms with Crippen molar-refractivity contribution in [1.29, 1.82) is 5.26 Å². The fourth-order valence-electron chi connectivity index (χ4n) is 1.17. The Bertz CT molecular complexity index is 555. The highest BCUT2D eigenvalue weighted by atomic mass is 32.2. The molecule has 0 aliphatic heterocycles. The van der Waals surface area contributed by atoms with Gasteiger partial charge in [0.15, 0.2) is 0 Å². The van der Waals surface area contributed by atoms with Crippen LogP contribution >= 0.6 is 11.8 Å². The van der Waals surface area contributed by atoms with E-state index in [4.69, 9.17) is 11.0 Å². The highest BCUT2D eigenvalue weighted by molar-refractivity contribution is 7.99. The van der Waals surface area contributed by atoms with Crippen molar-refractivity contribution in [2.45, 2.75) is 18.5 Å². The summed E-state index contributed by atoms with van der Waals surface area (Å²) in [5, 5.41) is 13.6. The molecule has 82 valence electrons. The van der Waals surface area contributed by atoms with E-state index in [1.54, 1.807) is 11.8 Å². The van der Waals surface area contributed by atoms with E-state index < -0.39 is 0 Å². The second kappa shape index (κ2) is 4.37. The zero-order valence-electron chi connectivity index (χ0n) is 8.71. The highest BCUT2D eigenvalue weighted by Gasteiger charge is 2.10. The minimum Gasteiger partial charge on any atom is -0.382 e. The Morgan fingerprint density at radius 2 is 2.44 bits per heavy atom. The van der Waals surface area contributed by atoms with Crippen LogP contribution in [0.25, 0.3) is 5.78 Å². The van der Waals surface area contributed by atoms with E-state index in [1.807, 2.05) is 6.07 Å². The van der Waals surface area contributed by atoms with Crippen molar-refractivity contribution in [3.05, 3.63) is 11.8 Å². The number of hydrogen-bond donors (Lipinski definition) is 1. The summed E-state index contributed by atoms with van der Waals surface area (Å²) >= 11 is 1.55. The normalized spacial score (nSPS) is 10.5. The van der Waals surface area contributed by atoms with Crippen molar-refractivity contribution in [2.75, 3.05) is 11.5 Å². The molecule has 0 aliphatic rings. The molecule has 2 aromatic rings. The van der Waals surface area contributed by atoms with Gasteiger partial charge in [-0.2, -0.15) is 14.8 Å². The monoisotopic (exact) mass is 234 g/mol. The molecule has 0 unspecified atom stereocenters. The van der Waals surface area contributed by atoms with Crippen LogP contribution in [0.2, 0.25) is 0 Å².